The number of rotatable bonds is 4. The fourth-order valence-corrected chi connectivity index (χ4v) is 2.42. The number of ether oxygens (including phenoxy) is 1. The molecule has 0 radical (unpaired) electrons. The summed E-state index contributed by atoms with van der Waals surface area (Å²) >= 11 is 0. The van der Waals surface area contributed by atoms with Crippen LogP contribution in [-0.4, -0.2) is 50.5 Å². The Morgan fingerprint density at radius 2 is 2.29 bits per heavy atom. The molecule has 1 aromatic heterocycles. The van der Waals surface area contributed by atoms with Crippen molar-refractivity contribution in [1.82, 2.24) is 25.0 Å². The molecule has 0 bridgehead atoms. The topological polar surface area (TPSA) is 72.3 Å². The highest BCUT2D eigenvalue weighted by molar-refractivity contribution is 5.69. The predicted molar refractivity (Wildman–Crippen MR) is 78.7 cm³/mol. The standard InChI is InChI=1S/C14H25N5O2/c1-14(2,3)21-13(20)19-7-5-6-11(19)8-15-9-12-16-10-18(4)17-12/h10-11,15H,5-9H2,1-4H3. The summed E-state index contributed by atoms with van der Waals surface area (Å²) in [6, 6.07) is 0.184. The van der Waals surface area contributed by atoms with Crippen LogP contribution in [0.5, 0.6) is 0 Å². The van der Waals surface area contributed by atoms with E-state index in [9.17, 15) is 4.79 Å². The molecule has 2 heterocycles. The van der Waals surface area contributed by atoms with Gasteiger partial charge in [-0.2, -0.15) is 5.10 Å². The molecule has 7 nitrogen and oxygen atoms in total. The summed E-state index contributed by atoms with van der Waals surface area (Å²) in [5.74, 6) is 0.763. The average molecular weight is 295 g/mol. The van der Waals surface area contributed by atoms with Crippen LogP contribution >= 0.6 is 0 Å². The fraction of sp³-hybridized carbons (Fsp3) is 0.786. The van der Waals surface area contributed by atoms with Crippen LogP contribution in [0.1, 0.15) is 39.4 Å². The van der Waals surface area contributed by atoms with Crippen molar-refractivity contribution in [3.8, 4) is 0 Å². The molecule has 21 heavy (non-hydrogen) atoms. The van der Waals surface area contributed by atoms with E-state index in [4.69, 9.17) is 4.74 Å². The summed E-state index contributed by atoms with van der Waals surface area (Å²) in [6.07, 6.45) is 3.48. The van der Waals surface area contributed by atoms with E-state index in [1.165, 1.54) is 0 Å². The van der Waals surface area contributed by atoms with Crippen molar-refractivity contribution < 1.29 is 9.53 Å². The van der Waals surface area contributed by atoms with Gasteiger partial charge < -0.3 is 15.0 Å². The zero-order valence-corrected chi connectivity index (χ0v) is 13.3. The molecular weight excluding hydrogens is 270 g/mol. The first kappa shape index (κ1) is 15.8. The van der Waals surface area contributed by atoms with Crippen molar-refractivity contribution in [3.05, 3.63) is 12.2 Å². The van der Waals surface area contributed by atoms with Crippen molar-refractivity contribution >= 4 is 6.09 Å². The lowest BCUT2D eigenvalue weighted by atomic mass is 10.2. The number of hydrogen-bond acceptors (Lipinski definition) is 5. The molecule has 1 fully saturated rings. The molecule has 1 unspecified atom stereocenters. The van der Waals surface area contributed by atoms with Crippen molar-refractivity contribution in [1.29, 1.82) is 0 Å². The third-order valence-electron chi connectivity index (χ3n) is 3.32. The lowest BCUT2D eigenvalue weighted by molar-refractivity contribution is 0.0226. The van der Waals surface area contributed by atoms with Gasteiger partial charge in [0.1, 0.15) is 11.9 Å². The number of likely N-dealkylation sites (tertiary alicyclic amines) is 1. The molecule has 118 valence electrons. The minimum atomic E-state index is -0.449. The molecule has 7 heteroatoms. The lowest BCUT2D eigenvalue weighted by Crippen LogP contribution is -2.44. The number of amides is 1. The van der Waals surface area contributed by atoms with E-state index < -0.39 is 5.60 Å². The van der Waals surface area contributed by atoms with Gasteiger partial charge in [-0.3, -0.25) is 4.68 Å². The maximum Gasteiger partial charge on any atom is 0.410 e. The SMILES string of the molecule is Cn1cnc(CNCC2CCCN2C(=O)OC(C)(C)C)n1. The third kappa shape index (κ3) is 4.70. The Bertz CT molecular complexity index is 480. The first-order chi connectivity index (χ1) is 9.85. The second-order valence-electron chi connectivity index (χ2n) is 6.44. The predicted octanol–water partition coefficient (Wildman–Crippen LogP) is 1.30. The average Bonchev–Trinajstić information content (AvgIpc) is 2.96. The number of carbonyl (C=O) groups excluding carboxylic acids is 1. The van der Waals surface area contributed by atoms with Crippen molar-refractivity contribution in [2.75, 3.05) is 13.1 Å². The third-order valence-corrected chi connectivity index (χ3v) is 3.32. The Labute approximate surface area is 125 Å². The van der Waals surface area contributed by atoms with Gasteiger partial charge in [0.15, 0.2) is 5.82 Å². The van der Waals surface area contributed by atoms with Crippen LogP contribution in [0.3, 0.4) is 0 Å². The smallest absolute Gasteiger partial charge is 0.410 e. The first-order valence-corrected chi connectivity index (χ1v) is 7.40. The molecule has 1 N–H and O–H groups in total. The fourth-order valence-electron chi connectivity index (χ4n) is 2.42. The Hall–Kier alpha value is -1.63. The quantitative estimate of drug-likeness (QED) is 0.906. The van der Waals surface area contributed by atoms with Crippen LogP contribution in [0.15, 0.2) is 6.33 Å². The minimum absolute atomic E-state index is 0.184. The van der Waals surface area contributed by atoms with E-state index in [1.54, 1.807) is 11.0 Å². The molecule has 0 aliphatic carbocycles. The largest absolute Gasteiger partial charge is 0.444 e. The number of aryl methyl sites for hydroxylation is 1. The van der Waals surface area contributed by atoms with Crippen LogP contribution < -0.4 is 5.32 Å². The summed E-state index contributed by atoms with van der Waals surface area (Å²) in [5, 5.41) is 7.53. The Morgan fingerprint density at radius 3 is 2.90 bits per heavy atom. The zero-order chi connectivity index (χ0) is 15.5. The normalized spacial score (nSPS) is 19.0. The molecule has 1 aromatic rings. The number of nitrogens with one attached hydrogen (secondary N) is 1. The van der Waals surface area contributed by atoms with Gasteiger partial charge in [-0.1, -0.05) is 0 Å². The van der Waals surface area contributed by atoms with E-state index in [0.717, 1.165) is 31.8 Å². The molecule has 1 atom stereocenters. The van der Waals surface area contributed by atoms with Crippen molar-refractivity contribution in [2.45, 2.75) is 51.8 Å². The summed E-state index contributed by atoms with van der Waals surface area (Å²) in [5.41, 5.74) is -0.449. The van der Waals surface area contributed by atoms with Gasteiger partial charge >= 0.3 is 6.09 Å². The Balaban J connectivity index is 1.80. The van der Waals surface area contributed by atoms with E-state index in [2.05, 4.69) is 15.4 Å². The summed E-state index contributed by atoms with van der Waals surface area (Å²) < 4.78 is 7.13. The van der Waals surface area contributed by atoms with Gasteiger partial charge in [-0.25, -0.2) is 9.78 Å². The van der Waals surface area contributed by atoms with Gasteiger partial charge in [0.05, 0.1) is 6.54 Å². The second kappa shape index (κ2) is 6.43. The maximum atomic E-state index is 12.2. The van der Waals surface area contributed by atoms with Crippen molar-refractivity contribution in [2.24, 2.45) is 7.05 Å². The molecule has 1 aliphatic heterocycles. The second-order valence-corrected chi connectivity index (χ2v) is 6.44. The molecule has 0 aromatic carbocycles. The van der Waals surface area contributed by atoms with Crippen molar-refractivity contribution in [3.63, 3.8) is 0 Å². The van der Waals surface area contributed by atoms with Gasteiger partial charge in [-0.05, 0) is 33.6 Å². The Morgan fingerprint density at radius 1 is 1.52 bits per heavy atom. The molecule has 1 aliphatic rings. The van der Waals surface area contributed by atoms with E-state index >= 15 is 0 Å². The summed E-state index contributed by atoms with van der Waals surface area (Å²) in [6.45, 7) is 7.78. The van der Waals surface area contributed by atoms with Crippen LogP contribution in [0.2, 0.25) is 0 Å². The van der Waals surface area contributed by atoms with Crippen LogP contribution in [0, 0.1) is 0 Å². The van der Waals surface area contributed by atoms with Crippen LogP contribution in [0.4, 0.5) is 4.79 Å². The zero-order valence-electron chi connectivity index (χ0n) is 13.3. The minimum Gasteiger partial charge on any atom is -0.444 e. The first-order valence-electron chi connectivity index (χ1n) is 7.40. The van der Waals surface area contributed by atoms with Crippen LogP contribution in [0.25, 0.3) is 0 Å². The van der Waals surface area contributed by atoms with Gasteiger partial charge in [-0.15, -0.1) is 0 Å². The highest BCUT2D eigenvalue weighted by Crippen LogP contribution is 2.20. The van der Waals surface area contributed by atoms with E-state index in [-0.39, 0.29) is 12.1 Å². The molecule has 1 saturated heterocycles. The van der Waals surface area contributed by atoms with Gasteiger partial charge in [0.25, 0.3) is 0 Å². The van der Waals surface area contributed by atoms with Gasteiger partial charge in [0.2, 0.25) is 0 Å². The van der Waals surface area contributed by atoms with Gasteiger partial charge in [0, 0.05) is 26.2 Å². The number of hydrogen-bond donors (Lipinski definition) is 1. The molecule has 0 saturated carbocycles. The molecule has 2 rings (SSSR count). The highest BCUT2D eigenvalue weighted by Gasteiger charge is 2.31. The molecular formula is C14H25N5O2. The summed E-state index contributed by atoms with van der Waals surface area (Å²) in [4.78, 5) is 18.1. The van der Waals surface area contributed by atoms with Crippen LogP contribution in [-0.2, 0) is 18.3 Å². The number of aromatic nitrogens is 3. The Kier molecular flexibility index (Phi) is 4.82. The van der Waals surface area contributed by atoms with E-state index in [1.807, 2.05) is 32.7 Å². The highest BCUT2D eigenvalue weighted by atomic mass is 16.6. The molecule has 0 spiro atoms. The number of carbonyl (C=O) groups is 1. The molecule has 1 amide bonds. The van der Waals surface area contributed by atoms with E-state index in [0.29, 0.717) is 6.54 Å². The monoisotopic (exact) mass is 295 g/mol. The number of nitrogens with zero attached hydrogens (tertiary/aromatic N) is 4. The lowest BCUT2D eigenvalue weighted by Gasteiger charge is -2.28. The summed E-state index contributed by atoms with van der Waals surface area (Å²) in [7, 11) is 1.84. The maximum absolute atomic E-state index is 12.2.